The predicted octanol–water partition coefficient (Wildman–Crippen LogP) is 3.95. The summed E-state index contributed by atoms with van der Waals surface area (Å²) in [6.45, 7) is 3.99. The van der Waals surface area contributed by atoms with Gasteiger partial charge in [-0.25, -0.2) is 23.5 Å². The standard InChI is InChI=1S/C27H32ClN7O2S/c1-3-17-10-20(11-18-14-32-26(34-25(17)18)33-22-7-5-21(29)6-8-22)27(15-31-13-16(2)35-27)19-4-9-23(28)24(12-19)38(30,36)37/h4,9-15,21-22,35H,3,5-8,29H2,1-2H3,(H2,30,36,37)(H,32,33,34). The van der Waals surface area contributed by atoms with Gasteiger partial charge in [0.25, 0.3) is 0 Å². The highest BCUT2D eigenvalue weighted by Gasteiger charge is 2.36. The van der Waals surface area contributed by atoms with Gasteiger partial charge in [-0.15, -0.1) is 0 Å². The third-order valence-electron chi connectivity index (χ3n) is 7.33. The van der Waals surface area contributed by atoms with Crippen molar-refractivity contribution in [2.45, 2.75) is 68.5 Å². The summed E-state index contributed by atoms with van der Waals surface area (Å²) in [5.41, 5.74) is 9.33. The zero-order chi connectivity index (χ0) is 27.1. The molecule has 0 spiro atoms. The lowest BCUT2D eigenvalue weighted by Gasteiger charge is -2.36. The number of primary sulfonamides is 1. The quantitative estimate of drug-likeness (QED) is 0.361. The summed E-state index contributed by atoms with van der Waals surface area (Å²) in [5.74, 6) is 0.613. The second-order valence-corrected chi connectivity index (χ2v) is 12.0. The number of rotatable bonds is 6. The zero-order valence-electron chi connectivity index (χ0n) is 21.4. The van der Waals surface area contributed by atoms with E-state index in [1.807, 2.05) is 19.2 Å². The van der Waals surface area contributed by atoms with Gasteiger partial charge in [0.05, 0.1) is 10.5 Å². The molecular formula is C27H32ClN7O2S. The van der Waals surface area contributed by atoms with E-state index in [4.69, 9.17) is 27.5 Å². The van der Waals surface area contributed by atoms with E-state index < -0.39 is 15.6 Å². The van der Waals surface area contributed by atoms with E-state index in [1.54, 1.807) is 24.5 Å². The molecule has 0 bridgehead atoms. The van der Waals surface area contributed by atoms with Crippen LogP contribution in [0.1, 0.15) is 56.2 Å². The minimum absolute atomic E-state index is 0.0625. The van der Waals surface area contributed by atoms with Crippen LogP contribution in [0.5, 0.6) is 0 Å². The maximum absolute atomic E-state index is 12.3. The van der Waals surface area contributed by atoms with Crippen LogP contribution in [0, 0.1) is 0 Å². The van der Waals surface area contributed by atoms with E-state index in [1.165, 1.54) is 6.07 Å². The van der Waals surface area contributed by atoms with Gasteiger partial charge in [0.15, 0.2) is 0 Å². The highest BCUT2D eigenvalue weighted by atomic mass is 35.5. The minimum Gasteiger partial charge on any atom is -0.370 e. The van der Waals surface area contributed by atoms with Gasteiger partial charge in [0.1, 0.15) is 10.4 Å². The minimum atomic E-state index is -4.04. The Morgan fingerprint density at radius 1 is 1.16 bits per heavy atom. The number of aliphatic imine (C=N–C) groups is 1. The molecule has 9 nitrogen and oxygen atoms in total. The van der Waals surface area contributed by atoms with E-state index in [-0.39, 0.29) is 16.0 Å². The number of nitrogens with two attached hydrogens (primary N) is 2. The van der Waals surface area contributed by atoms with Crippen molar-refractivity contribution in [2.24, 2.45) is 15.9 Å². The maximum Gasteiger partial charge on any atom is 0.239 e. The Labute approximate surface area is 227 Å². The molecule has 200 valence electrons. The molecule has 38 heavy (non-hydrogen) atoms. The Kier molecular flexibility index (Phi) is 7.17. The van der Waals surface area contributed by atoms with Crippen molar-refractivity contribution in [2.75, 3.05) is 5.32 Å². The van der Waals surface area contributed by atoms with Crippen LogP contribution in [0.4, 0.5) is 5.95 Å². The van der Waals surface area contributed by atoms with Gasteiger partial charge in [-0.3, -0.25) is 4.99 Å². The smallest absolute Gasteiger partial charge is 0.239 e. The fourth-order valence-electron chi connectivity index (χ4n) is 5.30. The van der Waals surface area contributed by atoms with Crippen LogP contribution in [0.25, 0.3) is 10.9 Å². The molecule has 0 radical (unpaired) electrons. The second-order valence-electron chi connectivity index (χ2n) is 10.1. The fraction of sp³-hybridized carbons (Fsp3) is 0.370. The summed E-state index contributed by atoms with van der Waals surface area (Å²) in [5, 5.41) is 13.4. The first-order chi connectivity index (χ1) is 18.1. The molecule has 11 heteroatoms. The lowest BCUT2D eigenvalue weighted by molar-refractivity contribution is 0.410. The summed E-state index contributed by atoms with van der Waals surface area (Å²) in [6.07, 6.45) is 10.1. The Morgan fingerprint density at radius 2 is 1.92 bits per heavy atom. The maximum atomic E-state index is 12.3. The average Bonchev–Trinajstić information content (AvgIpc) is 2.89. The van der Waals surface area contributed by atoms with E-state index in [2.05, 4.69) is 33.6 Å². The molecule has 1 saturated carbocycles. The molecule has 6 N–H and O–H groups in total. The molecule has 0 amide bonds. The van der Waals surface area contributed by atoms with E-state index in [0.717, 1.165) is 59.8 Å². The number of allylic oxidation sites excluding steroid dienone is 1. The number of hydrogen-bond donors (Lipinski definition) is 4. The second kappa shape index (κ2) is 10.3. The van der Waals surface area contributed by atoms with Crippen LogP contribution in [0.2, 0.25) is 5.02 Å². The molecule has 0 saturated heterocycles. The predicted molar refractivity (Wildman–Crippen MR) is 152 cm³/mol. The van der Waals surface area contributed by atoms with Crippen molar-refractivity contribution in [3.8, 4) is 0 Å². The molecule has 1 fully saturated rings. The number of halogens is 1. The Hall–Kier alpha value is -3.05. The Balaban J connectivity index is 1.61. The monoisotopic (exact) mass is 553 g/mol. The molecule has 2 aromatic carbocycles. The number of hydrogen-bond acceptors (Lipinski definition) is 8. The molecule has 2 heterocycles. The van der Waals surface area contributed by atoms with Crippen molar-refractivity contribution in [3.05, 3.63) is 70.1 Å². The number of sulfonamides is 1. The third kappa shape index (κ3) is 5.13. The van der Waals surface area contributed by atoms with Crippen molar-refractivity contribution in [1.29, 1.82) is 0 Å². The van der Waals surface area contributed by atoms with Gasteiger partial charge in [0, 0.05) is 41.8 Å². The fourth-order valence-corrected chi connectivity index (χ4v) is 6.37. The highest BCUT2D eigenvalue weighted by Crippen LogP contribution is 2.37. The van der Waals surface area contributed by atoms with Crippen LogP contribution in [0.15, 0.2) is 58.3 Å². The molecule has 5 rings (SSSR count). The van der Waals surface area contributed by atoms with Crippen molar-refractivity contribution in [1.82, 2.24) is 15.3 Å². The molecule has 2 aliphatic rings. The summed E-state index contributed by atoms with van der Waals surface area (Å²) >= 11 is 6.20. The van der Waals surface area contributed by atoms with Gasteiger partial charge in [-0.1, -0.05) is 30.7 Å². The summed E-state index contributed by atoms with van der Waals surface area (Å²) < 4.78 is 24.5. The SMILES string of the molecule is CCc1cc(C2(c3ccc(Cl)c(S(N)(=O)=O)c3)C=NC=C(C)N2)cc2cnc(NC3CCC(N)CC3)nc12. The van der Waals surface area contributed by atoms with Gasteiger partial charge < -0.3 is 16.4 Å². The van der Waals surface area contributed by atoms with E-state index in [0.29, 0.717) is 17.6 Å². The van der Waals surface area contributed by atoms with Crippen molar-refractivity contribution >= 4 is 44.7 Å². The largest absolute Gasteiger partial charge is 0.370 e. The molecule has 3 aromatic rings. The molecule has 1 aliphatic heterocycles. The van der Waals surface area contributed by atoms with Crippen LogP contribution in [-0.4, -0.2) is 36.7 Å². The van der Waals surface area contributed by atoms with E-state index >= 15 is 0 Å². The number of nitrogens with zero attached hydrogens (tertiary/aromatic N) is 3. The summed E-state index contributed by atoms with van der Waals surface area (Å²) in [6, 6.07) is 9.52. The molecule has 1 atom stereocenters. The number of aryl methyl sites for hydroxylation is 1. The van der Waals surface area contributed by atoms with E-state index in [9.17, 15) is 8.42 Å². The summed E-state index contributed by atoms with van der Waals surface area (Å²) in [7, 11) is -4.04. The number of aromatic nitrogens is 2. The zero-order valence-corrected chi connectivity index (χ0v) is 23.0. The normalized spacial score (nSPS) is 23.7. The number of fused-ring (bicyclic) bond motifs is 1. The van der Waals surface area contributed by atoms with Gasteiger partial charge in [0.2, 0.25) is 16.0 Å². The van der Waals surface area contributed by atoms with Crippen LogP contribution in [-0.2, 0) is 22.0 Å². The Morgan fingerprint density at radius 3 is 2.61 bits per heavy atom. The lowest BCUT2D eigenvalue weighted by Crippen LogP contribution is -2.45. The van der Waals surface area contributed by atoms with Crippen LogP contribution < -0.4 is 21.5 Å². The van der Waals surface area contributed by atoms with Crippen molar-refractivity contribution in [3.63, 3.8) is 0 Å². The van der Waals surface area contributed by atoms with Gasteiger partial charge in [-0.2, -0.15) is 0 Å². The van der Waals surface area contributed by atoms with Crippen molar-refractivity contribution < 1.29 is 8.42 Å². The first kappa shape index (κ1) is 26.6. The third-order valence-corrected chi connectivity index (χ3v) is 8.72. The molecule has 1 unspecified atom stereocenters. The number of nitrogens with one attached hydrogen (secondary N) is 2. The lowest BCUT2D eigenvalue weighted by atomic mass is 9.81. The molecular weight excluding hydrogens is 522 g/mol. The number of anilines is 1. The number of benzene rings is 2. The van der Waals surface area contributed by atoms with Gasteiger partial charge in [-0.05, 0) is 73.9 Å². The topological polar surface area (TPSA) is 148 Å². The highest BCUT2D eigenvalue weighted by molar-refractivity contribution is 7.89. The first-order valence-corrected chi connectivity index (χ1v) is 14.7. The summed E-state index contributed by atoms with van der Waals surface area (Å²) in [4.78, 5) is 13.8. The molecule has 1 aliphatic carbocycles. The van der Waals surface area contributed by atoms with Gasteiger partial charge >= 0.3 is 0 Å². The first-order valence-electron chi connectivity index (χ1n) is 12.7. The van der Waals surface area contributed by atoms with Crippen LogP contribution in [0.3, 0.4) is 0 Å². The Bertz CT molecular complexity index is 1550. The van der Waals surface area contributed by atoms with Crippen LogP contribution >= 0.6 is 11.6 Å². The average molecular weight is 554 g/mol. The molecule has 1 aromatic heterocycles.